The molecule has 1 aromatic carbocycles. The normalized spacial score (nSPS) is 21.3. The number of allylic oxidation sites excluding steroid dienone is 2. The van der Waals surface area contributed by atoms with Crippen LogP contribution in [0.3, 0.4) is 0 Å². The molecule has 0 saturated carbocycles. The minimum Gasteiger partial charge on any atom is -0.343 e. The average molecular weight is 394 g/mol. The van der Waals surface area contributed by atoms with Crippen LogP contribution in [0, 0.1) is 5.92 Å². The van der Waals surface area contributed by atoms with Crippen molar-refractivity contribution in [2.75, 3.05) is 13.1 Å². The van der Waals surface area contributed by atoms with E-state index in [1.54, 1.807) is 0 Å². The van der Waals surface area contributed by atoms with Gasteiger partial charge in [-0.05, 0) is 49.8 Å². The van der Waals surface area contributed by atoms with Gasteiger partial charge in [0.2, 0.25) is 5.91 Å². The van der Waals surface area contributed by atoms with Crippen LogP contribution in [-0.2, 0) is 11.0 Å². The van der Waals surface area contributed by atoms with Gasteiger partial charge < -0.3 is 4.90 Å². The maximum atomic E-state index is 12.9. The van der Waals surface area contributed by atoms with Gasteiger partial charge in [-0.25, -0.2) is 4.98 Å². The lowest BCUT2D eigenvalue weighted by atomic mass is 9.96. The molecule has 7 heteroatoms. The van der Waals surface area contributed by atoms with E-state index >= 15 is 0 Å². The smallest absolute Gasteiger partial charge is 0.343 e. The van der Waals surface area contributed by atoms with Crippen molar-refractivity contribution in [3.8, 4) is 0 Å². The van der Waals surface area contributed by atoms with Gasteiger partial charge in [-0.2, -0.15) is 13.2 Å². The van der Waals surface area contributed by atoms with Crippen LogP contribution in [0.2, 0.25) is 0 Å². The zero-order valence-corrected chi connectivity index (χ0v) is 15.7. The fourth-order valence-electron chi connectivity index (χ4n) is 3.89. The highest BCUT2D eigenvalue weighted by Gasteiger charge is 2.31. The molecule has 2 heterocycles. The highest BCUT2D eigenvalue weighted by molar-refractivity contribution is 7.18. The predicted octanol–water partition coefficient (Wildman–Crippen LogP) is 5.38. The zero-order valence-electron chi connectivity index (χ0n) is 14.8. The van der Waals surface area contributed by atoms with Crippen molar-refractivity contribution in [3.63, 3.8) is 0 Å². The van der Waals surface area contributed by atoms with E-state index in [-0.39, 0.29) is 11.8 Å². The van der Waals surface area contributed by atoms with E-state index in [2.05, 4.69) is 17.1 Å². The third kappa shape index (κ3) is 4.03. The number of hydrogen-bond donors (Lipinski definition) is 0. The lowest BCUT2D eigenvalue weighted by molar-refractivity contribution is -0.137. The van der Waals surface area contributed by atoms with E-state index in [1.807, 2.05) is 4.90 Å². The molecule has 27 heavy (non-hydrogen) atoms. The number of alkyl halides is 3. The van der Waals surface area contributed by atoms with Crippen molar-refractivity contribution < 1.29 is 18.0 Å². The van der Waals surface area contributed by atoms with Gasteiger partial charge in [0.1, 0.15) is 0 Å². The number of fused-ring (bicyclic) bond motifs is 1. The Labute approximate surface area is 159 Å². The Hall–Kier alpha value is -1.89. The molecule has 1 aromatic heterocycles. The third-order valence-electron chi connectivity index (χ3n) is 5.48. The SMILES string of the molecule is O=C(C[C@@H]1C=CCC1)N1CCC(c2nc3cc(C(F)(F)F)ccc3s2)CC1. The quantitative estimate of drug-likeness (QED) is 0.655. The number of thiazole rings is 1. The number of piperidine rings is 1. The Morgan fingerprint density at radius 3 is 2.67 bits per heavy atom. The predicted molar refractivity (Wildman–Crippen MR) is 99.7 cm³/mol. The van der Waals surface area contributed by atoms with Gasteiger partial charge in [0, 0.05) is 25.4 Å². The summed E-state index contributed by atoms with van der Waals surface area (Å²) in [5, 5.41) is 0.884. The molecule has 0 spiro atoms. The highest BCUT2D eigenvalue weighted by atomic mass is 32.1. The van der Waals surface area contributed by atoms with Crippen LogP contribution in [0.25, 0.3) is 10.2 Å². The highest BCUT2D eigenvalue weighted by Crippen LogP contribution is 2.37. The third-order valence-corrected chi connectivity index (χ3v) is 6.68. The molecule has 1 amide bonds. The molecule has 0 bridgehead atoms. The molecule has 0 radical (unpaired) electrons. The first-order valence-corrected chi connectivity index (χ1v) is 10.1. The van der Waals surface area contributed by atoms with E-state index in [4.69, 9.17) is 0 Å². The summed E-state index contributed by atoms with van der Waals surface area (Å²) < 4.78 is 39.4. The Balaban J connectivity index is 1.40. The summed E-state index contributed by atoms with van der Waals surface area (Å²) in [5.41, 5.74) is -0.246. The number of aromatic nitrogens is 1. The topological polar surface area (TPSA) is 33.2 Å². The van der Waals surface area contributed by atoms with Crippen molar-refractivity contribution >= 4 is 27.5 Å². The van der Waals surface area contributed by atoms with Gasteiger partial charge >= 0.3 is 6.18 Å². The van der Waals surface area contributed by atoms with Gasteiger partial charge in [-0.1, -0.05) is 12.2 Å². The summed E-state index contributed by atoms with van der Waals surface area (Å²) >= 11 is 1.47. The number of carbonyl (C=O) groups excluding carboxylic acids is 1. The minimum atomic E-state index is -4.35. The van der Waals surface area contributed by atoms with Crippen LogP contribution in [0.4, 0.5) is 13.2 Å². The van der Waals surface area contributed by atoms with Crippen molar-refractivity contribution in [2.45, 2.75) is 44.2 Å². The van der Waals surface area contributed by atoms with E-state index in [0.29, 0.717) is 30.9 Å². The molecule has 2 aromatic rings. The van der Waals surface area contributed by atoms with Crippen LogP contribution < -0.4 is 0 Å². The van der Waals surface area contributed by atoms with Crippen LogP contribution in [0.1, 0.15) is 48.6 Å². The summed E-state index contributed by atoms with van der Waals surface area (Å²) in [6.07, 6.45) is 4.28. The van der Waals surface area contributed by atoms with Crippen molar-refractivity contribution in [1.82, 2.24) is 9.88 Å². The van der Waals surface area contributed by atoms with Crippen LogP contribution in [-0.4, -0.2) is 28.9 Å². The molecule has 1 aliphatic carbocycles. The Morgan fingerprint density at radius 1 is 1.22 bits per heavy atom. The number of nitrogens with zero attached hydrogens (tertiary/aromatic N) is 2. The number of benzene rings is 1. The Bertz CT molecular complexity index is 866. The molecule has 0 unspecified atom stereocenters. The van der Waals surface area contributed by atoms with Gasteiger partial charge in [-0.15, -0.1) is 11.3 Å². The number of likely N-dealkylation sites (tertiary alicyclic amines) is 1. The number of amides is 1. The van der Waals surface area contributed by atoms with E-state index in [9.17, 15) is 18.0 Å². The monoisotopic (exact) mass is 394 g/mol. The number of hydrogen-bond acceptors (Lipinski definition) is 3. The number of halogens is 3. The molecule has 2 aliphatic rings. The molecular weight excluding hydrogens is 373 g/mol. The summed E-state index contributed by atoms with van der Waals surface area (Å²) in [4.78, 5) is 18.8. The Morgan fingerprint density at radius 2 is 2.00 bits per heavy atom. The zero-order chi connectivity index (χ0) is 19.0. The van der Waals surface area contributed by atoms with Crippen LogP contribution >= 0.6 is 11.3 Å². The molecule has 144 valence electrons. The molecule has 0 N–H and O–H groups in total. The molecule has 3 nitrogen and oxygen atoms in total. The molecule has 1 fully saturated rings. The van der Waals surface area contributed by atoms with Crippen LogP contribution in [0.5, 0.6) is 0 Å². The first kappa shape index (κ1) is 18.5. The van der Waals surface area contributed by atoms with E-state index < -0.39 is 11.7 Å². The summed E-state index contributed by atoms with van der Waals surface area (Å²) in [6, 6.07) is 3.75. The standard InChI is InChI=1S/C20H21F3N2OS/c21-20(22,23)15-5-6-17-16(12-15)24-19(27-17)14-7-9-25(10-8-14)18(26)11-13-3-1-2-4-13/h1,3,5-6,12-14H,2,4,7-11H2/t13-/m1/s1. The largest absolute Gasteiger partial charge is 0.416 e. The molecule has 1 atom stereocenters. The van der Waals surface area contributed by atoms with E-state index in [0.717, 1.165) is 47.5 Å². The summed E-state index contributed by atoms with van der Waals surface area (Å²) in [6.45, 7) is 1.40. The first-order valence-electron chi connectivity index (χ1n) is 9.32. The van der Waals surface area contributed by atoms with Crippen molar-refractivity contribution in [1.29, 1.82) is 0 Å². The van der Waals surface area contributed by atoms with Gasteiger partial charge in [0.05, 0.1) is 20.8 Å². The molecule has 4 rings (SSSR count). The average Bonchev–Trinajstić information content (AvgIpc) is 3.29. The summed E-state index contributed by atoms with van der Waals surface area (Å²) in [5.74, 6) is 0.804. The second-order valence-corrected chi connectivity index (χ2v) is 8.42. The minimum absolute atomic E-state index is 0.212. The van der Waals surface area contributed by atoms with E-state index in [1.165, 1.54) is 17.4 Å². The molecule has 1 saturated heterocycles. The van der Waals surface area contributed by atoms with Gasteiger partial charge in [0.25, 0.3) is 0 Å². The summed E-state index contributed by atoms with van der Waals surface area (Å²) in [7, 11) is 0. The van der Waals surface area contributed by atoms with Gasteiger partial charge in [-0.3, -0.25) is 4.79 Å². The second kappa shape index (κ2) is 7.26. The number of rotatable bonds is 3. The lowest BCUT2D eigenvalue weighted by Crippen LogP contribution is -2.38. The first-order chi connectivity index (χ1) is 12.9. The maximum Gasteiger partial charge on any atom is 0.416 e. The fourth-order valence-corrected chi connectivity index (χ4v) is 5.01. The molecular formula is C20H21F3N2OS. The van der Waals surface area contributed by atoms with Crippen LogP contribution in [0.15, 0.2) is 30.4 Å². The fraction of sp³-hybridized carbons (Fsp3) is 0.500. The maximum absolute atomic E-state index is 12.9. The van der Waals surface area contributed by atoms with Crippen molar-refractivity contribution in [2.24, 2.45) is 5.92 Å². The van der Waals surface area contributed by atoms with Crippen molar-refractivity contribution in [3.05, 3.63) is 40.9 Å². The van der Waals surface area contributed by atoms with Gasteiger partial charge in [0.15, 0.2) is 0 Å². The lowest BCUT2D eigenvalue weighted by Gasteiger charge is -2.31. The number of carbonyl (C=O) groups is 1. The second-order valence-electron chi connectivity index (χ2n) is 7.36. The Kier molecular flexibility index (Phi) is 4.97. The molecule has 1 aliphatic heterocycles.